The lowest BCUT2D eigenvalue weighted by Crippen LogP contribution is -2.35. The number of methoxy groups -OCH3 is 1. The van der Waals surface area contributed by atoms with Gasteiger partial charge in [0.1, 0.15) is 11.5 Å². The van der Waals surface area contributed by atoms with E-state index in [1.54, 1.807) is 13.2 Å². The quantitative estimate of drug-likeness (QED) is 0.911. The van der Waals surface area contributed by atoms with Crippen LogP contribution in [0.3, 0.4) is 0 Å². The zero-order valence-corrected chi connectivity index (χ0v) is 12.2. The van der Waals surface area contributed by atoms with E-state index < -0.39 is 0 Å². The number of piperidine rings is 1. The minimum absolute atomic E-state index is 0.178. The van der Waals surface area contributed by atoms with E-state index in [1.165, 1.54) is 0 Å². The molecule has 1 heterocycles. The number of phenolic OH excluding ortho intramolecular Hbond substituents is 1. The summed E-state index contributed by atoms with van der Waals surface area (Å²) in [4.78, 5) is 2.28. The molecule has 2 aromatic rings. The summed E-state index contributed by atoms with van der Waals surface area (Å²) < 4.78 is 5.29. The van der Waals surface area contributed by atoms with Gasteiger partial charge in [-0.15, -0.1) is 0 Å². The number of aliphatic hydroxyl groups is 1. The van der Waals surface area contributed by atoms with E-state index in [0.717, 1.165) is 48.0 Å². The molecular weight excluding hydrogens is 266 g/mol. The topological polar surface area (TPSA) is 52.9 Å². The van der Waals surface area contributed by atoms with E-state index in [4.69, 9.17) is 4.74 Å². The van der Waals surface area contributed by atoms with Crippen LogP contribution in [0.1, 0.15) is 18.4 Å². The van der Waals surface area contributed by atoms with Gasteiger partial charge < -0.3 is 14.9 Å². The van der Waals surface area contributed by atoms with Crippen molar-refractivity contribution in [3.05, 3.63) is 35.9 Å². The first-order valence-corrected chi connectivity index (χ1v) is 7.36. The molecule has 3 rings (SSSR count). The molecule has 1 aliphatic rings. The van der Waals surface area contributed by atoms with Crippen LogP contribution in [-0.2, 0) is 6.54 Å². The predicted molar refractivity (Wildman–Crippen MR) is 82.7 cm³/mol. The van der Waals surface area contributed by atoms with Gasteiger partial charge >= 0.3 is 0 Å². The SMILES string of the molecule is COc1ccc2ccc(O)c(CN3CCC(O)CC3)c2c1. The molecule has 112 valence electrons. The van der Waals surface area contributed by atoms with E-state index in [-0.39, 0.29) is 6.10 Å². The van der Waals surface area contributed by atoms with Gasteiger partial charge in [0.25, 0.3) is 0 Å². The first kappa shape index (κ1) is 14.2. The molecule has 1 saturated heterocycles. The lowest BCUT2D eigenvalue weighted by atomic mass is 10.0. The van der Waals surface area contributed by atoms with Crippen LogP contribution in [0.2, 0.25) is 0 Å². The Hall–Kier alpha value is -1.78. The Morgan fingerprint density at radius 3 is 2.62 bits per heavy atom. The van der Waals surface area contributed by atoms with Gasteiger partial charge in [-0.25, -0.2) is 0 Å². The number of aromatic hydroxyl groups is 1. The molecular formula is C17H21NO3. The molecule has 1 fully saturated rings. The molecule has 2 aromatic carbocycles. The minimum atomic E-state index is -0.178. The second kappa shape index (κ2) is 5.92. The fourth-order valence-electron chi connectivity index (χ4n) is 2.94. The number of rotatable bonds is 3. The maximum atomic E-state index is 10.2. The molecule has 21 heavy (non-hydrogen) atoms. The van der Waals surface area contributed by atoms with Crippen molar-refractivity contribution in [2.75, 3.05) is 20.2 Å². The molecule has 0 unspecified atom stereocenters. The Labute approximate surface area is 124 Å². The van der Waals surface area contributed by atoms with Crippen molar-refractivity contribution in [2.45, 2.75) is 25.5 Å². The van der Waals surface area contributed by atoms with Gasteiger partial charge in [0, 0.05) is 25.2 Å². The van der Waals surface area contributed by atoms with E-state index in [2.05, 4.69) is 4.90 Å². The molecule has 4 heteroatoms. The molecule has 2 N–H and O–H groups in total. The monoisotopic (exact) mass is 287 g/mol. The van der Waals surface area contributed by atoms with Crippen molar-refractivity contribution >= 4 is 10.8 Å². The first-order chi connectivity index (χ1) is 10.2. The summed E-state index contributed by atoms with van der Waals surface area (Å²) >= 11 is 0. The number of aliphatic hydroxyl groups excluding tert-OH is 1. The number of ether oxygens (including phenoxy) is 1. The fourth-order valence-corrected chi connectivity index (χ4v) is 2.94. The van der Waals surface area contributed by atoms with E-state index in [0.29, 0.717) is 12.3 Å². The zero-order chi connectivity index (χ0) is 14.8. The summed E-state index contributed by atoms with van der Waals surface area (Å²) in [6, 6.07) is 9.59. The third-order valence-corrected chi connectivity index (χ3v) is 4.25. The maximum Gasteiger partial charge on any atom is 0.120 e. The van der Waals surface area contributed by atoms with Crippen LogP contribution in [0.25, 0.3) is 10.8 Å². The number of nitrogens with zero attached hydrogens (tertiary/aromatic N) is 1. The Morgan fingerprint density at radius 1 is 1.19 bits per heavy atom. The highest BCUT2D eigenvalue weighted by molar-refractivity contribution is 5.88. The highest BCUT2D eigenvalue weighted by Gasteiger charge is 2.19. The highest BCUT2D eigenvalue weighted by atomic mass is 16.5. The van der Waals surface area contributed by atoms with Gasteiger partial charge in [0.2, 0.25) is 0 Å². The second-order valence-corrected chi connectivity index (χ2v) is 5.66. The van der Waals surface area contributed by atoms with Crippen LogP contribution in [0.15, 0.2) is 30.3 Å². The van der Waals surface area contributed by atoms with Crippen molar-refractivity contribution in [1.29, 1.82) is 0 Å². The van der Waals surface area contributed by atoms with Crippen molar-refractivity contribution in [2.24, 2.45) is 0 Å². The summed E-state index contributed by atoms with van der Waals surface area (Å²) in [6.45, 7) is 2.42. The Bertz CT molecular complexity index is 633. The molecule has 0 spiro atoms. The average Bonchev–Trinajstić information content (AvgIpc) is 2.51. The molecule has 0 aliphatic carbocycles. The average molecular weight is 287 g/mol. The molecule has 4 nitrogen and oxygen atoms in total. The van der Waals surface area contributed by atoms with Gasteiger partial charge in [-0.05, 0) is 41.8 Å². The number of fused-ring (bicyclic) bond motifs is 1. The van der Waals surface area contributed by atoms with Gasteiger partial charge in [0.05, 0.1) is 13.2 Å². The molecule has 0 amide bonds. The largest absolute Gasteiger partial charge is 0.508 e. The minimum Gasteiger partial charge on any atom is -0.508 e. The van der Waals surface area contributed by atoms with Gasteiger partial charge in [0.15, 0.2) is 0 Å². The van der Waals surface area contributed by atoms with Crippen LogP contribution < -0.4 is 4.74 Å². The third kappa shape index (κ3) is 2.96. The zero-order valence-electron chi connectivity index (χ0n) is 12.2. The second-order valence-electron chi connectivity index (χ2n) is 5.66. The van der Waals surface area contributed by atoms with Crippen molar-refractivity contribution in [3.8, 4) is 11.5 Å². The Kier molecular flexibility index (Phi) is 3.99. The highest BCUT2D eigenvalue weighted by Crippen LogP contribution is 2.31. The van der Waals surface area contributed by atoms with Crippen molar-refractivity contribution < 1.29 is 14.9 Å². The van der Waals surface area contributed by atoms with Gasteiger partial charge in [-0.3, -0.25) is 4.90 Å². The summed E-state index contributed by atoms with van der Waals surface area (Å²) in [6.07, 6.45) is 1.42. The molecule has 0 bridgehead atoms. The van der Waals surface area contributed by atoms with Crippen LogP contribution in [0, 0.1) is 0 Å². The molecule has 0 saturated carbocycles. The van der Waals surface area contributed by atoms with Crippen LogP contribution in [0.5, 0.6) is 11.5 Å². The number of benzene rings is 2. The van der Waals surface area contributed by atoms with E-state index in [1.807, 2.05) is 24.3 Å². The maximum absolute atomic E-state index is 10.2. The standard InChI is InChI=1S/C17H21NO3/c1-21-14-4-2-12-3-5-17(20)16(15(12)10-14)11-18-8-6-13(19)7-9-18/h2-5,10,13,19-20H,6-9,11H2,1H3. The predicted octanol–water partition coefficient (Wildman–Crippen LogP) is 2.51. The Morgan fingerprint density at radius 2 is 1.90 bits per heavy atom. The van der Waals surface area contributed by atoms with Gasteiger partial charge in [-0.2, -0.15) is 0 Å². The first-order valence-electron chi connectivity index (χ1n) is 7.36. The molecule has 0 aromatic heterocycles. The normalized spacial score (nSPS) is 17.2. The molecule has 0 atom stereocenters. The van der Waals surface area contributed by atoms with Crippen LogP contribution in [0.4, 0.5) is 0 Å². The third-order valence-electron chi connectivity index (χ3n) is 4.25. The van der Waals surface area contributed by atoms with Crippen molar-refractivity contribution in [1.82, 2.24) is 4.90 Å². The van der Waals surface area contributed by atoms with Crippen LogP contribution >= 0.6 is 0 Å². The number of hydrogen-bond donors (Lipinski definition) is 2. The summed E-state index contributed by atoms with van der Waals surface area (Å²) in [5, 5.41) is 22.0. The summed E-state index contributed by atoms with van der Waals surface area (Å²) in [7, 11) is 1.65. The number of phenols is 1. The van der Waals surface area contributed by atoms with E-state index in [9.17, 15) is 10.2 Å². The lowest BCUT2D eigenvalue weighted by Gasteiger charge is -2.30. The van der Waals surface area contributed by atoms with Crippen LogP contribution in [-0.4, -0.2) is 41.4 Å². The molecule has 0 radical (unpaired) electrons. The lowest BCUT2D eigenvalue weighted by molar-refractivity contribution is 0.0791. The van der Waals surface area contributed by atoms with Crippen molar-refractivity contribution in [3.63, 3.8) is 0 Å². The smallest absolute Gasteiger partial charge is 0.120 e. The summed E-state index contributed by atoms with van der Waals surface area (Å²) in [5.74, 6) is 1.12. The van der Waals surface area contributed by atoms with E-state index >= 15 is 0 Å². The number of likely N-dealkylation sites (tertiary alicyclic amines) is 1. The van der Waals surface area contributed by atoms with Gasteiger partial charge in [-0.1, -0.05) is 12.1 Å². The number of hydrogen-bond acceptors (Lipinski definition) is 4. The molecule has 1 aliphatic heterocycles. The summed E-state index contributed by atoms with van der Waals surface area (Å²) in [5.41, 5.74) is 0.933. The fraction of sp³-hybridized carbons (Fsp3) is 0.412. The Balaban J connectivity index is 1.94.